The molecule has 0 heterocycles. The summed E-state index contributed by atoms with van der Waals surface area (Å²) in [7, 11) is 0. The van der Waals surface area contributed by atoms with Gasteiger partial charge in [0.25, 0.3) is 0 Å². The molecule has 0 saturated heterocycles. The van der Waals surface area contributed by atoms with Crippen LogP contribution in [-0.2, 0) is 30.3 Å². The van der Waals surface area contributed by atoms with E-state index in [1.165, 1.54) is 51.7 Å². The molecule has 0 spiro atoms. The van der Waals surface area contributed by atoms with E-state index < -0.39 is 0 Å². The fraction of sp³-hybridized carbons (Fsp3) is 0.227. The largest absolute Gasteiger partial charge is 1.00 e. The summed E-state index contributed by atoms with van der Waals surface area (Å²) in [6.07, 6.45) is 9.38. The molecule has 2 aliphatic carbocycles. The molecule has 0 nitrogen and oxygen atoms in total. The third kappa shape index (κ3) is 7.98. The van der Waals surface area contributed by atoms with E-state index in [9.17, 15) is 0 Å². The van der Waals surface area contributed by atoms with Crippen LogP contribution < -0.4 is 24.8 Å². The van der Waals surface area contributed by atoms with Gasteiger partial charge in [-0.05, 0) is 6.42 Å². The van der Waals surface area contributed by atoms with Crippen molar-refractivity contribution in [1.82, 2.24) is 0 Å². The molecule has 0 N–H and O–H groups in total. The maximum atomic E-state index is 3.30. The van der Waals surface area contributed by atoms with Gasteiger partial charge >= 0.3 is 41.0 Å². The Kier molecular flexibility index (Phi) is 12.2. The van der Waals surface area contributed by atoms with Gasteiger partial charge in [-0.2, -0.15) is 35.9 Å². The van der Waals surface area contributed by atoms with E-state index in [0.29, 0.717) is 0 Å². The summed E-state index contributed by atoms with van der Waals surface area (Å²) in [6, 6.07) is 18.1. The monoisotopic (exact) mass is 536 g/mol. The van der Waals surface area contributed by atoms with Gasteiger partial charge < -0.3 is 24.8 Å². The minimum Gasteiger partial charge on any atom is -1.00 e. The Morgan fingerprint density at radius 2 is 1.64 bits per heavy atom. The van der Waals surface area contributed by atoms with Crippen molar-refractivity contribution in [2.24, 2.45) is 0 Å². The van der Waals surface area contributed by atoms with Gasteiger partial charge in [0.2, 0.25) is 0 Å². The van der Waals surface area contributed by atoms with Crippen molar-refractivity contribution in [3.05, 3.63) is 83.5 Å². The molecule has 0 saturated carbocycles. The number of rotatable bonds is 0. The molecule has 0 radical (unpaired) electrons. The summed E-state index contributed by atoms with van der Waals surface area (Å²) >= 11 is 1.27. The van der Waals surface area contributed by atoms with Gasteiger partial charge in [-0.15, -0.1) is 12.0 Å². The summed E-state index contributed by atoms with van der Waals surface area (Å²) in [6.45, 7) is 6.35. The molecule has 0 fully saturated rings. The molecule has 4 rings (SSSR count). The number of hydrogen-bond donors (Lipinski definition) is 0. The molecule has 0 unspecified atom stereocenters. The van der Waals surface area contributed by atoms with Crippen LogP contribution in [0.4, 0.5) is 0 Å². The summed E-state index contributed by atoms with van der Waals surface area (Å²) < 4.78 is 1.56. The van der Waals surface area contributed by atoms with Crippen LogP contribution in [-0.4, -0.2) is 3.26 Å². The minimum atomic E-state index is 0. The number of allylic oxidation sites excluding steroid dienone is 4. The van der Waals surface area contributed by atoms with E-state index in [2.05, 4.69) is 81.5 Å². The minimum absolute atomic E-state index is 0. The third-order valence-electron chi connectivity index (χ3n) is 3.48. The molecular weight excluding hydrogens is 514 g/mol. The van der Waals surface area contributed by atoms with Crippen molar-refractivity contribution in [2.75, 3.05) is 0 Å². The SMILES string of the molecule is CC1=[C-]CC=C1.C[C](C)=[Hf+2].[Cl-].[Cl-].[c-]1cccc2c1Cc1ccccc1-2. The number of hydrogen-bond acceptors (Lipinski definition) is 0. The van der Waals surface area contributed by atoms with Gasteiger partial charge in [0.1, 0.15) is 0 Å². The zero-order valence-electron chi connectivity index (χ0n) is 14.9. The van der Waals surface area contributed by atoms with E-state index in [0.717, 1.165) is 12.8 Å². The van der Waals surface area contributed by atoms with E-state index in [4.69, 9.17) is 0 Å². The zero-order valence-corrected chi connectivity index (χ0v) is 20.0. The van der Waals surface area contributed by atoms with Crippen molar-refractivity contribution >= 4 is 3.26 Å². The first-order chi connectivity index (χ1) is 11.1. The normalized spacial score (nSPS) is 12.0. The van der Waals surface area contributed by atoms with Gasteiger partial charge in [0.05, 0.1) is 0 Å². The van der Waals surface area contributed by atoms with Crippen LogP contribution in [0.25, 0.3) is 11.1 Å². The van der Waals surface area contributed by atoms with Crippen LogP contribution in [0.1, 0.15) is 38.3 Å². The molecule has 0 bridgehead atoms. The first-order valence-corrected chi connectivity index (χ1v) is 9.71. The van der Waals surface area contributed by atoms with Crippen LogP contribution in [0, 0.1) is 12.1 Å². The van der Waals surface area contributed by atoms with Gasteiger partial charge in [0.15, 0.2) is 0 Å². The number of benzene rings is 2. The second-order valence-electron chi connectivity index (χ2n) is 5.86. The van der Waals surface area contributed by atoms with Crippen molar-refractivity contribution in [1.29, 1.82) is 0 Å². The average Bonchev–Trinajstić information content (AvgIpc) is 3.13. The third-order valence-corrected chi connectivity index (χ3v) is 3.48. The van der Waals surface area contributed by atoms with E-state index in [-0.39, 0.29) is 24.8 Å². The van der Waals surface area contributed by atoms with Crippen molar-refractivity contribution in [3.63, 3.8) is 0 Å². The fourth-order valence-corrected chi connectivity index (χ4v) is 2.51. The van der Waals surface area contributed by atoms with E-state index in [1.807, 2.05) is 6.07 Å². The number of halogens is 2. The Balaban J connectivity index is 0.000000410. The summed E-state index contributed by atoms with van der Waals surface area (Å²) in [5, 5.41) is 0. The zero-order chi connectivity index (χ0) is 16.7. The quantitative estimate of drug-likeness (QED) is 0.269. The Bertz CT molecular complexity index is 695. The second-order valence-corrected chi connectivity index (χ2v) is 9.46. The molecule has 0 atom stereocenters. The van der Waals surface area contributed by atoms with Crippen molar-refractivity contribution in [2.45, 2.75) is 33.6 Å². The van der Waals surface area contributed by atoms with Crippen LogP contribution in [0.5, 0.6) is 0 Å². The maximum absolute atomic E-state index is 3.30. The molecule has 2 aliphatic rings. The van der Waals surface area contributed by atoms with E-state index in [1.54, 1.807) is 3.26 Å². The molecule has 3 heteroatoms. The first kappa shape index (κ1) is 24.2. The van der Waals surface area contributed by atoms with Gasteiger partial charge in [-0.3, -0.25) is 6.08 Å². The standard InChI is InChI=1S/C13H9.C6H7.C3H6.2ClH.Hf/c1-3-7-12-10(5-1)9-11-6-2-4-8-13(11)12;1-6-4-2-3-5-6;1-3-2;;;/h1-5,7-8H,9H2;2,4H,3H2,1H3;1-2H3;2*1H;/q2*-1;;;;+2/p-2. The Morgan fingerprint density at radius 3 is 2.20 bits per heavy atom. The van der Waals surface area contributed by atoms with Crippen LogP contribution in [0.15, 0.2) is 60.2 Å². The molecule has 25 heavy (non-hydrogen) atoms. The van der Waals surface area contributed by atoms with Crippen molar-refractivity contribution in [3.8, 4) is 11.1 Å². The summed E-state index contributed by atoms with van der Waals surface area (Å²) in [4.78, 5) is 0. The topological polar surface area (TPSA) is 0 Å². The summed E-state index contributed by atoms with van der Waals surface area (Å²) in [5.74, 6) is 0. The van der Waals surface area contributed by atoms with Crippen LogP contribution >= 0.6 is 0 Å². The molecule has 0 aromatic heterocycles. The predicted octanol–water partition coefficient (Wildman–Crippen LogP) is -0.493. The fourth-order valence-electron chi connectivity index (χ4n) is 2.51. The smallest absolute Gasteiger partial charge is 0.0253 e. The Morgan fingerprint density at radius 1 is 1.00 bits per heavy atom. The number of fused-ring (bicyclic) bond motifs is 3. The molecule has 0 amide bonds. The first-order valence-electron chi connectivity index (χ1n) is 7.91. The molecular formula is C22H22Cl2Hf-2. The molecule has 2 aromatic carbocycles. The van der Waals surface area contributed by atoms with Gasteiger partial charge in [-0.25, -0.2) is 11.6 Å². The van der Waals surface area contributed by atoms with Crippen molar-refractivity contribution < 1.29 is 48.7 Å². The van der Waals surface area contributed by atoms with E-state index >= 15 is 0 Å². The van der Waals surface area contributed by atoms with Crippen LogP contribution in [0.2, 0.25) is 0 Å². The predicted molar refractivity (Wildman–Crippen MR) is 96.1 cm³/mol. The van der Waals surface area contributed by atoms with Gasteiger partial charge in [0, 0.05) is 0 Å². The summed E-state index contributed by atoms with van der Waals surface area (Å²) in [5.41, 5.74) is 6.78. The van der Waals surface area contributed by atoms with Gasteiger partial charge in [-0.1, -0.05) is 42.3 Å². The van der Waals surface area contributed by atoms with Crippen LogP contribution in [0.3, 0.4) is 0 Å². The average molecular weight is 536 g/mol. The molecule has 130 valence electrons. The Hall–Kier alpha value is -0.760. The maximum Gasteiger partial charge on any atom is -0.0253 e. The second kappa shape index (κ2) is 12.6. The molecule has 2 aromatic rings. The molecule has 0 aliphatic heterocycles. The Labute approximate surface area is 179 Å².